The quantitative estimate of drug-likeness (QED) is 0.448. The largest absolute Gasteiger partial charge is 0.501 e. The van der Waals surface area contributed by atoms with Crippen LogP contribution in [0.1, 0.15) is 31.2 Å². The first kappa shape index (κ1) is 19.7. The van der Waals surface area contributed by atoms with Crippen LogP contribution in [0.3, 0.4) is 0 Å². The Kier molecular flexibility index (Phi) is 5.36. The number of ether oxygens (including phenoxy) is 1. The highest BCUT2D eigenvalue weighted by atomic mass is 32.1. The van der Waals surface area contributed by atoms with Gasteiger partial charge in [-0.1, -0.05) is 0 Å². The van der Waals surface area contributed by atoms with Crippen molar-refractivity contribution in [2.45, 2.75) is 0 Å². The topological polar surface area (TPSA) is 172 Å². The Morgan fingerprint density at radius 3 is 2.69 bits per heavy atom. The fraction of sp³-hybridized carbons (Fsp3) is 0.0588. The predicted molar refractivity (Wildman–Crippen MR) is 100 cm³/mol. The third kappa shape index (κ3) is 3.82. The zero-order valence-corrected chi connectivity index (χ0v) is 15.4. The number of H-pyrrole nitrogens is 1. The van der Waals surface area contributed by atoms with Crippen molar-refractivity contribution in [2.75, 3.05) is 12.4 Å². The molecule has 11 nitrogen and oxygen atoms in total. The van der Waals surface area contributed by atoms with Gasteiger partial charge < -0.3 is 25.3 Å². The van der Waals surface area contributed by atoms with Gasteiger partial charge in [-0.15, -0.1) is 11.3 Å². The van der Waals surface area contributed by atoms with Crippen molar-refractivity contribution >= 4 is 34.9 Å². The van der Waals surface area contributed by atoms with Crippen LogP contribution in [0.5, 0.6) is 5.75 Å². The highest BCUT2D eigenvalue weighted by Gasteiger charge is 2.22. The monoisotopic (exact) mass is 416 g/mol. The van der Waals surface area contributed by atoms with Crippen molar-refractivity contribution in [1.82, 2.24) is 15.0 Å². The molecule has 3 rings (SSSR count). The number of aromatic amines is 1. The number of pyridine rings is 1. The maximum atomic E-state index is 12.5. The van der Waals surface area contributed by atoms with Crippen molar-refractivity contribution in [2.24, 2.45) is 0 Å². The highest BCUT2D eigenvalue weighted by Crippen LogP contribution is 2.32. The molecule has 4 N–H and O–H groups in total. The number of hydrogen-bond donors (Lipinski definition) is 4. The number of nitrogens with one attached hydrogen (secondary N) is 2. The van der Waals surface area contributed by atoms with Gasteiger partial charge in [-0.3, -0.25) is 14.6 Å². The van der Waals surface area contributed by atoms with Gasteiger partial charge in [0.1, 0.15) is 0 Å². The molecule has 148 valence electrons. The van der Waals surface area contributed by atoms with E-state index in [1.807, 2.05) is 0 Å². The summed E-state index contributed by atoms with van der Waals surface area (Å²) in [5.74, 6) is -4.05. The molecule has 0 aliphatic carbocycles. The summed E-state index contributed by atoms with van der Waals surface area (Å²) in [6.45, 7) is 0. The van der Waals surface area contributed by atoms with E-state index in [4.69, 9.17) is 0 Å². The molecule has 0 saturated heterocycles. The summed E-state index contributed by atoms with van der Waals surface area (Å²) in [4.78, 5) is 57.8. The molecule has 0 bridgehead atoms. The van der Waals surface area contributed by atoms with Gasteiger partial charge in [0.25, 0.3) is 11.5 Å². The number of carbonyl (C=O) groups is 3. The number of aromatic nitrogens is 3. The van der Waals surface area contributed by atoms with Crippen LogP contribution >= 0.6 is 11.3 Å². The standard InChI is InChI=1S/C17H12N4O7S/c1-28-17(27)10-11(22)15(24)21-13(20-10)12-9(3-5-29-12)19-14(23)8-6-18-4-2-7(8)16(25)26/h2-6,22H,1H3,(H,19,23)(H,25,26)(H,20,21,24). The van der Waals surface area contributed by atoms with E-state index in [2.05, 4.69) is 25.0 Å². The zero-order chi connectivity index (χ0) is 21.1. The van der Waals surface area contributed by atoms with Crippen molar-refractivity contribution in [3.63, 3.8) is 0 Å². The molecule has 29 heavy (non-hydrogen) atoms. The third-order valence-corrected chi connectivity index (χ3v) is 4.62. The van der Waals surface area contributed by atoms with Crippen LogP contribution in [0.25, 0.3) is 10.7 Å². The molecule has 3 aromatic rings. The van der Waals surface area contributed by atoms with E-state index in [9.17, 15) is 29.4 Å². The van der Waals surface area contributed by atoms with Crippen molar-refractivity contribution < 1.29 is 29.3 Å². The lowest BCUT2D eigenvalue weighted by atomic mass is 10.1. The fourth-order valence-corrected chi connectivity index (χ4v) is 3.15. The van der Waals surface area contributed by atoms with Crippen molar-refractivity contribution in [3.05, 3.63) is 57.1 Å². The second-order valence-electron chi connectivity index (χ2n) is 5.45. The molecular weight excluding hydrogens is 404 g/mol. The number of carboxylic acid groups (broad SMARTS) is 1. The Bertz CT molecular complexity index is 1180. The van der Waals surface area contributed by atoms with E-state index >= 15 is 0 Å². The minimum absolute atomic E-state index is 0.0943. The molecule has 0 aliphatic heterocycles. The molecule has 12 heteroatoms. The summed E-state index contributed by atoms with van der Waals surface area (Å²) in [5.41, 5.74) is -1.76. The Morgan fingerprint density at radius 1 is 1.24 bits per heavy atom. The molecule has 0 spiro atoms. The van der Waals surface area contributed by atoms with Gasteiger partial charge in [0, 0.05) is 12.4 Å². The van der Waals surface area contributed by atoms with E-state index in [-0.39, 0.29) is 27.5 Å². The van der Waals surface area contributed by atoms with Gasteiger partial charge >= 0.3 is 11.9 Å². The van der Waals surface area contributed by atoms with Gasteiger partial charge in [-0.2, -0.15) is 0 Å². The van der Waals surface area contributed by atoms with Crippen molar-refractivity contribution in [3.8, 4) is 16.5 Å². The predicted octanol–water partition coefficient (Wildman–Crippen LogP) is 1.34. The number of aromatic carboxylic acids is 1. The first-order chi connectivity index (χ1) is 13.8. The summed E-state index contributed by atoms with van der Waals surface area (Å²) >= 11 is 1.08. The van der Waals surface area contributed by atoms with Gasteiger partial charge in [-0.25, -0.2) is 14.6 Å². The molecule has 0 aliphatic rings. The zero-order valence-electron chi connectivity index (χ0n) is 14.6. The van der Waals surface area contributed by atoms with Crippen LogP contribution < -0.4 is 10.9 Å². The normalized spacial score (nSPS) is 10.4. The summed E-state index contributed by atoms with van der Waals surface area (Å²) in [6.07, 6.45) is 2.36. The van der Waals surface area contributed by atoms with E-state index < -0.39 is 34.8 Å². The second-order valence-corrected chi connectivity index (χ2v) is 6.36. The molecule has 3 heterocycles. The highest BCUT2D eigenvalue weighted by molar-refractivity contribution is 7.14. The lowest BCUT2D eigenvalue weighted by Crippen LogP contribution is -2.18. The van der Waals surface area contributed by atoms with E-state index in [1.165, 1.54) is 18.3 Å². The third-order valence-electron chi connectivity index (χ3n) is 3.70. The van der Waals surface area contributed by atoms with Crippen LogP contribution in [-0.4, -0.2) is 50.1 Å². The number of carbonyl (C=O) groups excluding carboxylic acids is 2. The lowest BCUT2D eigenvalue weighted by Gasteiger charge is -2.09. The summed E-state index contributed by atoms with van der Waals surface area (Å²) < 4.78 is 4.49. The molecule has 0 aromatic carbocycles. The molecule has 0 radical (unpaired) electrons. The number of methoxy groups -OCH3 is 1. The summed E-state index contributed by atoms with van der Waals surface area (Å²) in [7, 11) is 1.06. The van der Waals surface area contributed by atoms with Crippen LogP contribution in [0.2, 0.25) is 0 Å². The molecular formula is C17H12N4O7S. The SMILES string of the molecule is COC(=O)c1nc(-c2sccc2NC(=O)c2cnccc2C(=O)O)[nH]c(=O)c1O. The average Bonchev–Trinajstić information content (AvgIpc) is 3.17. The first-order valence-corrected chi connectivity index (χ1v) is 8.69. The molecule has 3 aromatic heterocycles. The maximum Gasteiger partial charge on any atom is 0.360 e. The molecule has 0 fully saturated rings. The molecule has 0 atom stereocenters. The number of anilines is 1. The van der Waals surface area contributed by atoms with Gasteiger partial charge in [-0.05, 0) is 17.5 Å². The smallest absolute Gasteiger partial charge is 0.360 e. The van der Waals surface area contributed by atoms with E-state index in [0.29, 0.717) is 0 Å². The minimum atomic E-state index is -1.30. The van der Waals surface area contributed by atoms with E-state index in [0.717, 1.165) is 24.6 Å². The Balaban J connectivity index is 2.00. The number of nitrogens with zero attached hydrogens (tertiary/aromatic N) is 2. The number of carboxylic acids is 1. The minimum Gasteiger partial charge on any atom is -0.501 e. The lowest BCUT2D eigenvalue weighted by molar-refractivity contribution is 0.0589. The van der Waals surface area contributed by atoms with Gasteiger partial charge in [0.15, 0.2) is 11.5 Å². The fourth-order valence-electron chi connectivity index (χ4n) is 2.36. The number of rotatable bonds is 5. The Morgan fingerprint density at radius 2 is 2.00 bits per heavy atom. The number of amides is 1. The number of aromatic hydroxyl groups is 1. The maximum absolute atomic E-state index is 12.5. The summed E-state index contributed by atoms with van der Waals surface area (Å²) in [5, 5.41) is 23.0. The van der Waals surface area contributed by atoms with Crippen molar-refractivity contribution in [1.29, 1.82) is 0 Å². The number of hydrogen-bond acceptors (Lipinski definition) is 9. The summed E-state index contributed by atoms with van der Waals surface area (Å²) in [6, 6.07) is 2.69. The first-order valence-electron chi connectivity index (χ1n) is 7.81. The van der Waals surface area contributed by atoms with Gasteiger partial charge in [0.05, 0.1) is 28.8 Å². The van der Waals surface area contributed by atoms with Gasteiger partial charge in [0.2, 0.25) is 5.75 Å². The molecule has 0 saturated carbocycles. The van der Waals surface area contributed by atoms with E-state index in [1.54, 1.807) is 5.38 Å². The van der Waals surface area contributed by atoms with Crippen LogP contribution in [-0.2, 0) is 4.74 Å². The molecule has 1 amide bonds. The number of thiophene rings is 1. The number of esters is 1. The average molecular weight is 416 g/mol. The Hall–Kier alpha value is -4.06. The second kappa shape index (κ2) is 7.90. The molecule has 0 unspecified atom stereocenters. The van der Waals surface area contributed by atoms with Crippen LogP contribution in [0.15, 0.2) is 34.7 Å². The Labute approximate surface area is 165 Å². The van der Waals surface area contributed by atoms with Crippen LogP contribution in [0, 0.1) is 0 Å². The van der Waals surface area contributed by atoms with Crippen LogP contribution in [0.4, 0.5) is 5.69 Å².